The van der Waals surface area contributed by atoms with Crippen molar-refractivity contribution in [2.45, 2.75) is 47.0 Å². The van der Waals surface area contributed by atoms with Gasteiger partial charge < -0.3 is 10.1 Å². The molecule has 0 radical (unpaired) electrons. The van der Waals surface area contributed by atoms with Crippen LogP contribution in [0, 0.1) is 26.7 Å². The molecule has 1 atom stereocenters. The molecular weight excluding hydrogens is 246 g/mol. The van der Waals surface area contributed by atoms with Crippen molar-refractivity contribution in [3.05, 3.63) is 34.4 Å². The summed E-state index contributed by atoms with van der Waals surface area (Å²) in [5, 5.41) is 3.52. The second-order valence-corrected chi connectivity index (χ2v) is 5.93. The lowest BCUT2D eigenvalue weighted by Crippen LogP contribution is -2.27. The van der Waals surface area contributed by atoms with Gasteiger partial charge in [-0.1, -0.05) is 31.0 Å². The van der Waals surface area contributed by atoms with Gasteiger partial charge in [-0.3, -0.25) is 0 Å². The van der Waals surface area contributed by atoms with Gasteiger partial charge in [0.2, 0.25) is 0 Å². The van der Waals surface area contributed by atoms with Crippen LogP contribution < -0.4 is 5.32 Å². The summed E-state index contributed by atoms with van der Waals surface area (Å²) in [6.45, 7) is 11.8. The topological polar surface area (TPSA) is 21.3 Å². The third-order valence-corrected chi connectivity index (χ3v) is 3.95. The molecule has 2 nitrogen and oxygen atoms in total. The molecule has 1 aromatic rings. The first-order chi connectivity index (χ1) is 9.58. The SMILES string of the molecule is CCCC(CNCCOC)Cc1c(C)cc(C)cc1C. The molecule has 1 aromatic carbocycles. The number of hydrogen-bond acceptors (Lipinski definition) is 2. The number of benzene rings is 1. The number of hydrogen-bond donors (Lipinski definition) is 1. The minimum atomic E-state index is 0.719. The van der Waals surface area contributed by atoms with Crippen LogP contribution in [0.3, 0.4) is 0 Å². The van der Waals surface area contributed by atoms with Gasteiger partial charge in [0.05, 0.1) is 6.61 Å². The zero-order valence-electron chi connectivity index (χ0n) is 13.9. The standard InChI is InChI=1S/C18H31NO/c1-6-7-17(13-19-8-9-20-5)12-18-15(3)10-14(2)11-16(18)4/h10-11,17,19H,6-9,12-13H2,1-5H3. The Labute approximate surface area is 124 Å². The summed E-state index contributed by atoms with van der Waals surface area (Å²) in [7, 11) is 1.75. The van der Waals surface area contributed by atoms with Gasteiger partial charge in [0, 0.05) is 13.7 Å². The predicted molar refractivity (Wildman–Crippen MR) is 87.5 cm³/mol. The molecule has 0 spiro atoms. The fraction of sp³-hybridized carbons (Fsp3) is 0.667. The Hall–Kier alpha value is -0.860. The number of nitrogens with one attached hydrogen (secondary N) is 1. The van der Waals surface area contributed by atoms with Crippen molar-refractivity contribution >= 4 is 0 Å². The Bertz CT molecular complexity index is 377. The Kier molecular flexibility index (Phi) is 7.86. The van der Waals surface area contributed by atoms with E-state index in [4.69, 9.17) is 4.74 Å². The molecule has 0 bridgehead atoms. The molecule has 0 amide bonds. The average Bonchev–Trinajstić information content (AvgIpc) is 2.38. The number of rotatable bonds is 9. The van der Waals surface area contributed by atoms with E-state index in [2.05, 4.69) is 45.1 Å². The Morgan fingerprint density at radius 1 is 1.15 bits per heavy atom. The highest BCUT2D eigenvalue weighted by Gasteiger charge is 2.12. The highest BCUT2D eigenvalue weighted by molar-refractivity contribution is 5.37. The van der Waals surface area contributed by atoms with Crippen LogP contribution in [0.4, 0.5) is 0 Å². The highest BCUT2D eigenvalue weighted by Crippen LogP contribution is 2.22. The second-order valence-electron chi connectivity index (χ2n) is 5.93. The van der Waals surface area contributed by atoms with E-state index in [-0.39, 0.29) is 0 Å². The summed E-state index contributed by atoms with van der Waals surface area (Å²) in [6.07, 6.45) is 3.72. The van der Waals surface area contributed by atoms with Crippen molar-refractivity contribution in [2.75, 3.05) is 26.8 Å². The maximum Gasteiger partial charge on any atom is 0.0587 e. The van der Waals surface area contributed by atoms with Crippen LogP contribution in [0.2, 0.25) is 0 Å². The van der Waals surface area contributed by atoms with Crippen molar-refractivity contribution in [3.8, 4) is 0 Å². The molecule has 2 heteroatoms. The van der Waals surface area contributed by atoms with Gasteiger partial charge in [-0.05, 0) is 62.8 Å². The first kappa shape index (κ1) is 17.2. The predicted octanol–water partition coefficient (Wildman–Crippen LogP) is 3.81. The molecule has 0 aliphatic rings. The molecular formula is C18H31NO. The molecule has 0 heterocycles. The fourth-order valence-corrected chi connectivity index (χ4v) is 2.99. The van der Waals surface area contributed by atoms with E-state index in [1.54, 1.807) is 12.7 Å². The molecule has 0 aliphatic carbocycles. The summed E-state index contributed by atoms with van der Waals surface area (Å²) >= 11 is 0. The van der Waals surface area contributed by atoms with E-state index in [0.29, 0.717) is 0 Å². The van der Waals surface area contributed by atoms with Crippen LogP contribution in [0.25, 0.3) is 0 Å². The quantitative estimate of drug-likeness (QED) is 0.693. The lowest BCUT2D eigenvalue weighted by molar-refractivity contribution is 0.197. The maximum atomic E-state index is 5.09. The molecule has 1 rings (SSSR count). The van der Waals surface area contributed by atoms with E-state index in [9.17, 15) is 0 Å². The first-order valence-corrected chi connectivity index (χ1v) is 7.84. The molecule has 1 N–H and O–H groups in total. The Morgan fingerprint density at radius 3 is 2.35 bits per heavy atom. The zero-order chi connectivity index (χ0) is 15.0. The van der Waals surface area contributed by atoms with E-state index < -0.39 is 0 Å². The lowest BCUT2D eigenvalue weighted by Gasteiger charge is -2.20. The molecule has 0 saturated carbocycles. The number of aryl methyl sites for hydroxylation is 3. The van der Waals surface area contributed by atoms with E-state index in [1.807, 2.05) is 0 Å². The molecule has 0 fully saturated rings. The van der Waals surface area contributed by atoms with Crippen LogP contribution in [0.15, 0.2) is 12.1 Å². The molecule has 0 aromatic heterocycles. The van der Waals surface area contributed by atoms with Gasteiger partial charge in [-0.2, -0.15) is 0 Å². The van der Waals surface area contributed by atoms with Crippen LogP contribution in [0.5, 0.6) is 0 Å². The molecule has 0 aliphatic heterocycles. The largest absolute Gasteiger partial charge is 0.383 e. The number of ether oxygens (including phenoxy) is 1. The summed E-state index contributed by atoms with van der Waals surface area (Å²) in [6, 6.07) is 4.62. The average molecular weight is 277 g/mol. The van der Waals surface area contributed by atoms with Gasteiger partial charge in [0.25, 0.3) is 0 Å². The van der Waals surface area contributed by atoms with Crippen LogP contribution >= 0.6 is 0 Å². The first-order valence-electron chi connectivity index (χ1n) is 7.84. The van der Waals surface area contributed by atoms with E-state index >= 15 is 0 Å². The van der Waals surface area contributed by atoms with Gasteiger partial charge in [0.15, 0.2) is 0 Å². The summed E-state index contributed by atoms with van der Waals surface area (Å²) in [5.74, 6) is 0.719. The zero-order valence-corrected chi connectivity index (χ0v) is 13.9. The molecule has 20 heavy (non-hydrogen) atoms. The minimum Gasteiger partial charge on any atom is -0.383 e. The van der Waals surface area contributed by atoms with Crippen molar-refractivity contribution in [2.24, 2.45) is 5.92 Å². The van der Waals surface area contributed by atoms with Crippen LogP contribution in [0.1, 0.15) is 42.0 Å². The summed E-state index contributed by atoms with van der Waals surface area (Å²) < 4.78 is 5.09. The summed E-state index contributed by atoms with van der Waals surface area (Å²) in [4.78, 5) is 0. The van der Waals surface area contributed by atoms with Crippen molar-refractivity contribution in [3.63, 3.8) is 0 Å². The lowest BCUT2D eigenvalue weighted by atomic mass is 9.89. The third kappa shape index (κ3) is 5.64. The van der Waals surface area contributed by atoms with Crippen LogP contribution in [-0.4, -0.2) is 26.8 Å². The minimum absolute atomic E-state index is 0.719. The van der Waals surface area contributed by atoms with Gasteiger partial charge in [0.1, 0.15) is 0 Å². The normalized spacial score (nSPS) is 12.7. The smallest absolute Gasteiger partial charge is 0.0587 e. The van der Waals surface area contributed by atoms with Gasteiger partial charge >= 0.3 is 0 Å². The van der Waals surface area contributed by atoms with Gasteiger partial charge in [-0.25, -0.2) is 0 Å². The third-order valence-electron chi connectivity index (χ3n) is 3.95. The summed E-state index contributed by atoms with van der Waals surface area (Å²) in [5.41, 5.74) is 5.80. The Balaban J connectivity index is 2.65. The van der Waals surface area contributed by atoms with Crippen molar-refractivity contribution < 1.29 is 4.74 Å². The molecule has 0 saturated heterocycles. The second kappa shape index (κ2) is 9.15. The fourth-order valence-electron chi connectivity index (χ4n) is 2.99. The molecule has 1 unspecified atom stereocenters. The van der Waals surface area contributed by atoms with E-state index in [0.717, 1.165) is 25.6 Å². The maximum absolute atomic E-state index is 5.09. The highest BCUT2D eigenvalue weighted by atomic mass is 16.5. The van der Waals surface area contributed by atoms with Crippen molar-refractivity contribution in [1.82, 2.24) is 5.32 Å². The monoisotopic (exact) mass is 277 g/mol. The van der Waals surface area contributed by atoms with Crippen molar-refractivity contribution in [1.29, 1.82) is 0 Å². The van der Waals surface area contributed by atoms with Crippen LogP contribution in [-0.2, 0) is 11.2 Å². The Morgan fingerprint density at radius 2 is 1.80 bits per heavy atom. The van der Waals surface area contributed by atoms with E-state index in [1.165, 1.54) is 36.0 Å². The molecule has 114 valence electrons. The van der Waals surface area contributed by atoms with Gasteiger partial charge in [-0.15, -0.1) is 0 Å². The number of methoxy groups -OCH3 is 1.